The molecule has 8 heteroatoms. The lowest BCUT2D eigenvalue weighted by Crippen LogP contribution is -2.13. The summed E-state index contributed by atoms with van der Waals surface area (Å²) < 4.78 is 6.84. The third-order valence-electron chi connectivity index (χ3n) is 3.26. The molecule has 0 saturated carbocycles. The molecule has 122 valence electrons. The number of benzene rings is 2. The topological polar surface area (TPSA) is 93.9 Å². The molecule has 0 atom stereocenters. The smallest absolute Gasteiger partial charge is 0.271 e. The van der Waals surface area contributed by atoms with Gasteiger partial charge in [0.2, 0.25) is 0 Å². The number of H-pyrrole nitrogens is 1. The standard InChI is InChI=1S/C16H12BrClN4O2/c17-10-3-1-2-9(6-10)8-24-13-5-4-11(18)7-12(13)14-15(16(19)23)21-22-20-14/h1-7H,8H2,(H2,19,23)(H,20,21,22). The van der Waals surface area contributed by atoms with Gasteiger partial charge in [0.25, 0.3) is 5.91 Å². The number of carbonyl (C=O) groups excluding carboxylic acids is 1. The molecular formula is C16H12BrClN4O2. The SMILES string of the molecule is NC(=O)c1n[nH]nc1-c1cc(Cl)ccc1OCc1cccc(Br)c1. The van der Waals surface area contributed by atoms with Gasteiger partial charge in [-0.05, 0) is 35.9 Å². The number of hydrogen-bond acceptors (Lipinski definition) is 4. The molecular weight excluding hydrogens is 396 g/mol. The van der Waals surface area contributed by atoms with Crippen molar-refractivity contribution in [1.29, 1.82) is 0 Å². The highest BCUT2D eigenvalue weighted by Crippen LogP contribution is 2.33. The molecule has 0 aliphatic heterocycles. The second-order valence-corrected chi connectivity index (χ2v) is 6.30. The normalized spacial score (nSPS) is 10.6. The summed E-state index contributed by atoms with van der Waals surface area (Å²) >= 11 is 9.49. The van der Waals surface area contributed by atoms with Gasteiger partial charge >= 0.3 is 0 Å². The molecule has 0 bridgehead atoms. The number of primary amides is 1. The zero-order valence-electron chi connectivity index (χ0n) is 12.3. The largest absolute Gasteiger partial charge is 0.488 e. The van der Waals surface area contributed by atoms with E-state index in [1.54, 1.807) is 18.2 Å². The maximum atomic E-state index is 11.5. The average molecular weight is 408 g/mol. The van der Waals surface area contributed by atoms with Crippen molar-refractivity contribution in [2.24, 2.45) is 5.73 Å². The van der Waals surface area contributed by atoms with Crippen molar-refractivity contribution >= 4 is 33.4 Å². The number of aromatic nitrogens is 3. The number of halogens is 2. The highest BCUT2D eigenvalue weighted by Gasteiger charge is 2.19. The molecule has 2 aromatic carbocycles. The van der Waals surface area contributed by atoms with Crippen LogP contribution in [-0.4, -0.2) is 21.3 Å². The first-order valence-electron chi connectivity index (χ1n) is 6.92. The molecule has 0 aliphatic rings. The Kier molecular flexibility index (Phi) is 4.82. The van der Waals surface area contributed by atoms with Crippen LogP contribution in [0, 0.1) is 0 Å². The van der Waals surface area contributed by atoms with E-state index in [1.807, 2.05) is 24.3 Å². The first-order chi connectivity index (χ1) is 11.5. The summed E-state index contributed by atoms with van der Waals surface area (Å²) in [4.78, 5) is 11.5. The fraction of sp³-hybridized carbons (Fsp3) is 0.0625. The highest BCUT2D eigenvalue weighted by atomic mass is 79.9. The van der Waals surface area contributed by atoms with Crippen molar-refractivity contribution in [3.8, 4) is 17.0 Å². The highest BCUT2D eigenvalue weighted by molar-refractivity contribution is 9.10. The fourth-order valence-electron chi connectivity index (χ4n) is 2.19. The summed E-state index contributed by atoms with van der Waals surface area (Å²) in [7, 11) is 0. The summed E-state index contributed by atoms with van der Waals surface area (Å²) in [6.45, 7) is 0.345. The number of hydrogen-bond donors (Lipinski definition) is 2. The first-order valence-corrected chi connectivity index (χ1v) is 8.09. The van der Waals surface area contributed by atoms with E-state index in [4.69, 9.17) is 22.1 Å². The molecule has 0 unspecified atom stereocenters. The molecule has 3 aromatic rings. The third kappa shape index (κ3) is 3.58. The number of nitrogens with two attached hydrogens (primary N) is 1. The Labute approximate surface area is 151 Å². The zero-order valence-corrected chi connectivity index (χ0v) is 14.6. The lowest BCUT2D eigenvalue weighted by Gasteiger charge is -2.11. The summed E-state index contributed by atoms with van der Waals surface area (Å²) in [6.07, 6.45) is 0. The van der Waals surface area contributed by atoms with Gasteiger partial charge in [-0.15, -0.1) is 0 Å². The van der Waals surface area contributed by atoms with Gasteiger partial charge in [-0.2, -0.15) is 15.4 Å². The van der Waals surface area contributed by atoms with Crippen molar-refractivity contribution in [2.45, 2.75) is 6.61 Å². The summed E-state index contributed by atoms with van der Waals surface area (Å²) in [5, 5.41) is 10.7. The Balaban J connectivity index is 1.94. The average Bonchev–Trinajstić information content (AvgIpc) is 3.03. The van der Waals surface area contributed by atoms with Crippen LogP contribution in [0.2, 0.25) is 5.02 Å². The number of carbonyl (C=O) groups is 1. The van der Waals surface area contributed by atoms with Crippen LogP contribution in [0.5, 0.6) is 5.75 Å². The Morgan fingerprint density at radius 3 is 2.83 bits per heavy atom. The van der Waals surface area contributed by atoms with Crippen molar-refractivity contribution < 1.29 is 9.53 Å². The van der Waals surface area contributed by atoms with E-state index in [0.717, 1.165) is 10.0 Å². The molecule has 0 aliphatic carbocycles. The van der Waals surface area contributed by atoms with Gasteiger partial charge in [-0.3, -0.25) is 4.79 Å². The van der Waals surface area contributed by atoms with E-state index in [1.165, 1.54) is 0 Å². The minimum Gasteiger partial charge on any atom is -0.488 e. The minimum atomic E-state index is -0.684. The number of ether oxygens (including phenoxy) is 1. The van der Waals surface area contributed by atoms with Crippen molar-refractivity contribution in [3.05, 3.63) is 63.2 Å². The minimum absolute atomic E-state index is 0.0320. The van der Waals surface area contributed by atoms with Crippen LogP contribution < -0.4 is 10.5 Å². The lowest BCUT2D eigenvalue weighted by atomic mass is 10.1. The molecule has 0 radical (unpaired) electrons. The molecule has 1 amide bonds. The van der Waals surface area contributed by atoms with Gasteiger partial charge in [-0.25, -0.2) is 0 Å². The second-order valence-electron chi connectivity index (χ2n) is 4.94. The maximum Gasteiger partial charge on any atom is 0.271 e. The van der Waals surface area contributed by atoms with Gasteiger partial charge in [0.15, 0.2) is 5.69 Å². The molecule has 0 saturated heterocycles. The van der Waals surface area contributed by atoms with Crippen LogP contribution in [0.4, 0.5) is 0 Å². The van der Waals surface area contributed by atoms with Crippen LogP contribution in [0.25, 0.3) is 11.3 Å². The maximum absolute atomic E-state index is 11.5. The molecule has 6 nitrogen and oxygen atoms in total. The van der Waals surface area contributed by atoms with Crippen LogP contribution in [0.15, 0.2) is 46.9 Å². The van der Waals surface area contributed by atoms with E-state index >= 15 is 0 Å². The fourth-order valence-corrected chi connectivity index (χ4v) is 2.81. The molecule has 0 fully saturated rings. The quantitative estimate of drug-likeness (QED) is 0.676. The Bertz CT molecular complexity index is 897. The number of nitrogens with zero attached hydrogens (tertiary/aromatic N) is 2. The van der Waals surface area contributed by atoms with E-state index in [2.05, 4.69) is 31.3 Å². The molecule has 0 spiro atoms. The van der Waals surface area contributed by atoms with E-state index < -0.39 is 5.91 Å². The summed E-state index contributed by atoms with van der Waals surface area (Å²) in [6, 6.07) is 12.8. The summed E-state index contributed by atoms with van der Waals surface area (Å²) in [5.41, 5.74) is 7.19. The number of amides is 1. The molecule has 3 N–H and O–H groups in total. The third-order valence-corrected chi connectivity index (χ3v) is 3.99. The zero-order chi connectivity index (χ0) is 17.1. The van der Waals surface area contributed by atoms with Gasteiger partial charge < -0.3 is 10.5 Å². The number of aromatic amines is 1. The summed E-state index contributed by atoms with van der Waals surface area (Å²) in [5.74, 6) is -0.160. The van der Waals surface area contributed by atoms with Gasteiger partial charge in [0.1, 0.15) is 18.1 Å². The predicted octanol–water partition coefficient (Wildman–Crippen LogP) is 3.57. The molecule has 3 rings (SSSR count). The van der Waals surface area contributed by atoms with E-state index in [0.29, 0.717) is 28.6 Å². The van der Waals surface area contributed by atoms with Gasteiger partial charge in [-0.1, -0.05) is 39.7 Å². The monoisotopic (exact) mass is 406 g/mol. The Hall–Kier alpha value is -2.38. The number of nitrogens with one attached hydrogen (secondary N) is 1. The van der Waals surface area contributed by atoms with Crippen molar-refractivity contribution in [2.75, 3.05) is 0 Å². The van der Waals surface area contributed by atoms with Crippen molar-refractivity contribution in [1.82, 2.24) is 15.4 Å². The Morgan fingerprint density at radius 1 is 1.25 bits per heavy atom. The second kappa shape index (κ2) is 7.02. The lowest BCUT2D eigenvalue weighted by molar-refractivity contribution is 0.0996. The van der Waals surface area contributed by atoms with Gasteiger partial charge in [0, 0.05) is 15.1 Å². The number of rotatable bonds is 5. The van der Waals surface area contributed by atoms with Crippen LogP contribution in [-0.2, 0) is 6.61 Å². The molecule has 1 heterocycles. The molecule has 24 heavy (non-hydrogen) atoms. The first kappa shape index (κ1) is 16.5. The van der Waals surface area contributed by atoms with E-state index in [9.17, 15) is 4.79 Å². The van der Waals surface area contributed by atoms with Gasteiger partial charge in [0.05, 0.1) is 0 Å². The van der Waals surface area contributed by atoms with Crippen LogP contribution in [0.3, 0.4) is 0 Å². The van der Waals surface area contributed by atoms with E-state index in [-0.39, 0.29) is 5.69 Å². The van der Waals surface area contributed by atoms with Crippen LogP contribution in [0.1, 0.15) is 16.1 Å². The Morgan fingerprint density at radius 2 is 2.08 bits per heavy atom. The van der Waals surface area contributed by atoms with Crippen LogP contribution >= 0.6 is 27.5 Å². The predicted molar refractivity (Wildman–Crippen MR) is 93.8 cm³/mol. The van der Waals surface area contributed by atoms with Crippen molar-refractivity contribution in [3.63, 3.8) is 0 Å². The molecule has 1 aromatic heterocycles.